The topological polar surface area (TPSA) is 90.1 Å². The van der Waals surface area contributed by atoms with Gasteiger partial charge in [0.2, 0.25) is 5.91 Å². The van der Waals surface area contributed by atoms with Crippen LogP contribution in [0.15, 0.2) is 59.8 Å². The van der Waals surface area contributed by atoms with Crippen molar-refractivity contribution in [2.75, 3.05) is 6.26 Å². The fourth-order valence-corrected chi connectivity index (χ4v) is 3.71. The third-order valence-electron chi connectivity index (χ3n) is 3.96. The van der Waals surface area contributed by atoms with Crippen LogP contribution in [0.1, 0.15) is 10.4 Å². The van der Waals surface area contributed by atoms with E-state index in [0.29, 0.717) is 22.3 Å². The minimum absolute atomic E-state index is 0.0228. The van der Waals surface area contributed by atoms with Gasteiger partial charge in [0.15, 0.2) is 9.84 Å². The Balaban J connectivity index is 2.34. The number of benzene rings is 2. The summed E-state index contributed by atoms with van der Waals surface area (Å²) >= 11 is 6.41. The van der Waals surface area contributed by atoms with Crippen molar-refractivity contribution in [1.82, 2.24) is 4.98 Å². The van der Waals surface area contributed by atoms with Gasteiger partial charge in [0.1, 0.15) is 5.82 Å². The van der Waals surface area contributed by atoms with E-state index in [4.69, 9.17) is 17.3 Å². The molecule has 2 N–H and O–H groups in total. The first-order valence-corrected chi connectivity index (χ1v) is 9.98. The molecule has 0 atom stereocenters. The number of primary amides is 1. The van der Waals surface area contributed by atoms with E-state index < -0.39 is 21.6 Å². The zero-order valence-electron chi connectivity index (χ0n) is 14.1. The number of carbonyl (C=O) groups excluding carboxylic acids is 1. The van der Waals surface area contributed by atoms with Crippen LogP contribution in [0.5, 0.6) is 0 Å². The van der Waals surface area contributed by atoms with Crippen molar-refractivity contribution in [1.29, 1.82) is 0 Å². The molecule has 3 rings (SSSR count). The van der Waals surface area contributed by atoms with E-state index in [1.807, 2.05) is 0 Å². The molecular formula is C19H14ClFN2O3S. The lowest BCUT2D eigenvalue weighted by Crippen LogP contribution is -2.11. The van der Waals surface area contributed by atoms with Crippen molar-refractivity contribution >= 4 is 27.3 Å². The van der Waals surface area contributed by atoms with Crippen LogP contribution in [-0.2, 0) is 9.84 Å². The molecule has 0 spiro atoms. The summed E-state index contributed by atoms with van der Waals surface area (Å²) in [5, 5.41) is 0.153. The number of hydrogen-bond acceptors (Lipinski definition) is 4. The van der Waals surface area contributed by atoms with Crippen LogP contribution in [0, 0.1) is 5.82 Å². The first-order chi connectivity index (χ1) is 12.7. The van der Waals surface area contributed by atoms with Gasteiger partial charge in [0.25, 0.3) is 0 Å². The monoisotopic (exact) mass is 404 g/mol. The molecule has 0 saturated carbocycles. The van der Waals surface area contributed by atoms with E-state index in [1.165, 1.54) is 54.9 Å². The summed E-state index contributed by atoms with van der Waals surface area (Å²) in [5.74, 6) is -1.08. The average Bonchev–Trinajstić information content (AvgIpc) is 2.61. The highest BCUT2D eigenvalue weighted by Crippen LogP contribution is 2.39. The Hall–Kier alpha value is -2.77. The first kappa shape index (κ1) is 19.0. The Morgan fingerprint density at radius 2 is 1.74 bits per heavy atom. The lowest BCUT2D eigenvalue weighted by molar-refractivity contribution is 0.1000. The summed E-state index contributed by atoms with van der Waals surface area (Å²) in [6.07, 6.45) is 3.88. The summed E-state index contributed by atoms with van der Waals surface area (Å²) in [6, 6.07) is 9.86. The molecule has 0 aliphatic heterocycles. The Morgan fingerprint density at radius 1 is 1.07 bits per heavy atom. The van der Waals surface area contributed by atoms with E-state index in [9.17, 15) is 17.6 Å². The zero-order valence-corrected chi connectivity index (χ0v) is 15.7. The number of carbonyl (C=O) groups is 1. The molecule has 0 aliphatic carbocycles. The summed E-state index contributed by atoms with van der Waals surface area (Å²) in [4.78, 5) is 15.5. The van der Waals surface area contributed by atoms with Crippen LogP contribution in [0.25, 0.3) is 22.3 Å². The summed E-state index contributed by atoms with van der Waals surface area (Å²) in [5.41, 5.74) is 7.46. The highest BCUT2D eigenvalue weighted by Gasteiger charge is 2.19. The summed E-state index contributed by atoms with van der Waals surface area (Å²) in [7, 11) is -3.53. The molecule has 0 aliphatic rings. The number of nitrogens with two attached hydrogens (primary N) is 1. The first-order valence-electron chi connectivity index (χ1n) is 7.71. The minimum Gasteiger partial charge on any atom is -0.366 e. The molecule has 0 saturated heterocycles. The van der Waals surface area contributed by atoms with Gasteiger partial charge in [-0.25, -0.2) is 12.8 Å². The number of rotatable bonds is 4. The third-order valence-corrected chi connectivity index (χ3v) is 5.35. The van der Waals surface area contributed by atoms with Gasteiger partial charge in [-0.05, 0) is 41.5 Å². The maximum atomic E-state index is 13.3. The van der Waals surface area contributed by atoms with Crippen molar-refractivity contribution in [3.63, 3.8) is 0 Å². The number of pyridine rings is 1. The normalized spacial score (nSPS) is 11.4. The Bertz CT molecular complexity index is 1150. The van der Waals surface area contributed by atoms with Gasteiger partial charge >= 0.3 is 0 Å². The molecule has 2 aromatic carbocycles. The Morgan fingerprint density at radius 3 is 2.33 bits per heavy atom. The maximum Gasteiger partial charge on any atom is 0.250 e. The second-order valence-electron chi connectivity index (χ2n) is 5.93. The van der Waals surface area contributed by atoms with Gasteiger partial charge in [0.05, 0.1) is 15.5 Å². The lowest BCUT2D eigenvalue weighted by Gasteiger charge is -2.15. The number of aromatic nitrogens is 1. The molecule has 8 heteroatoms. The van der Waals surface area contributed by atoms with Gasteiger partial charge < -0.3 is 5.73 Å². The number of amides is 1. The molecule has 1 heterocycles. The van der Waals surface area contributed by atoms with Crippen LogP contribution < -0.4 is 5.73 Å². The molecule has 0 bridgehead atoms. The van der Waals surface area contributed by atoms with E-state index >= 15 is 0 Å². The molecule has 138 valence electrons. The van der Waals surface area contributed by atoms with Crippen molar-refractivity contribution in [2.24, 2.45) is 5.73 Å². The minimum atomic E-state index is -3.53. The van der Waals surface area contributed by atoms with Crippen LogP contribution >= 0.6 is 11.6 Å². The molecule has 3 aromatic rings. The van der Waals surface area contributed by atoms with E-state index in [2.05, 4.69) is 4.98 Å². The number of sulfone groups is 1. The van der Waals surface area contributed by atoms with Gasteiger partial charge in [-0.1, -0.05) is 23.7 Å². The summed E-state index contributed by atoms with van der Waals surface area (Å²) < 4.78 is 37.4. The predicted molar refractivity (Wildman–Crippen MR) is 102 cm³/mol. The van der Waals surface area contributed by atoms with Crippen LogP contribution in [-0.4, -0.2) is 25.6 Å². The Kier molecular flexibility index (Phi) is 4.99. The standard InChI is InChI=1S/C19H14ClFN2O3S/c1-27(25,26)15-7-16(11-2-4-14(21)5-3-11)18(17(20)8-15)12-6-13(19(22)24)10-23-9-12/h2-10H,1H3,(H2,22,24). The van der Waals surface area contributed by atoms with Crippen LogP contribution in [0.2, 0.25) is 5.02 Å². The molecule has 5 nitrogen and oxygen atoms in total. The van der Waals surface area contributed by atoms with Crippen molar-refractivity contribution in [3.8, 4) is 22.3 Å². The van der Waals surface area contributed by atoms with E-state index in [0.717, 1.165) is 6.26 Å². The second-order valence-corrected chi connectivity index (χ2v) is 8.36. The zero-order chi connectivity index (χ0) is 19.8. The largest absolute Gasteiger partial charge is 0.366 e. The smallest absolute Gasteiger partial charge is 0.250 e. The molecule has 0 radical (unpaired) electrons. The fraction of sp³-hybridized carbons (Fsp3) is 0.0526. The SMILES string of the molecule is CS(=O)(=O)c1cc(Cl)c(-c2cncc(C(N)=O)c2)c(-c2ccc(F)cc2)c1. The molecule has 0 fully saturated rings. The number of nitrogens with zero attached hydrogens (tertiary/aromatic N) is 1. The van der Waals surface area contributed by atoms with Gasteiger partial charge in [-0.2, -0.15) is 0 Å². The fourth-order valence-electron chi connectivity index (χ4n) is 2.66. The second kappa shape index (κ2) is 7.09. The van der Waals surface area contributed by atoms with Crippen molar-refractivity contribution in [2.45, 2.75) is 4.90 Å². The summed E-state index contributed by atoms with van der Waals surface area (Å²) in [6.45, 7) is 0. The van der Waals surface area contributed by atoms with E-state index in [-0.39, 0.29) is 15.5 Å². The van der Waals surface area contributed by atoms with Crippen LogP contribution in [0.3, 0.4) is 0 Å². The highest BCUT2D eigenvalue weighted by molar-refractivity contribution is 7.90. The molecular weight excluding hydrogens is 391 g/mol. The average molecular weight is 405 g/mol. The molecule has 1 amide bonds. The van der Waals surface area contributed by atoms with Crippen molar-refractivity contribution in [3.05, 3.63) is 71.3 Å². The number of hydrogen-bond donors (Lipinski definition) is 1. The van der Waals surface area contributed by atoms with Crippen LogP contribution in [0.4, 0.5) is 4.39 Å². The highest BCUT2D eigenvalue weighted by atomic mass is 35.5. The van der Waals surface area contributed by atoms with E-state index in [1.54, 1.807) is 0 Å². The lowest BCUT2D eigenvalue weighted by atomic mass is 9.94. The molecule has 0 unspecified atom stereocenters. The number of halogens is 2. The van der Waals surface area contributed by atoms with Crippen molar-refractivity contribution < 1.29 is 17.6 Å². The van der Waals surface area contributed by atoms with Gasteiger partial charge in [-0.3, -0.25) is 9.78 Å². The maximum absolute atomic E-state index is 13.3. The third kappa shape index (κ3) is 3.99. The molecule has 1 aromatic heterocycles. The van der Waals surface area contributed by atoms with Gasteiger partial charge in [0, 0.05) is 29.8 Å². The predicted octanol–water partition coefficient (Wildman–Crippen LogP) is 3.71. The Labute approximate surface area is 160 Å². The van der Waals surface area contributed by atoms with Gasteiger partial charge in [-0.15, -0.1) is 0 Å². The quantitative estimate of drug-likeness (QED) is 0.717. The molecule has 27 heavy (non-hydrogen) atoms.